The third kappa shape index (κ3) is 2.58. The first-order chi connectivity index (χ1) is 11.6. The van der Waals surface area contributed by atoms with E-state index in [1.165, 1.54) is 19.0 Å². The lowest BCUT2D eigenvalue weighted by Gasteiger charge is -2.12. The van der Waals surface area contributed by atoms with Crippen LogP contribution < -0.4 is 10.9 Å². The first-order valence-electron chi connectivity index (χ1n) is 8.30. The Hall–Kier alpha value is -2.63. The summed E-state index contributed by atoms with van der Waals surface area (Å²) in [5.74, 6) is -0.0686. The third-order valence-electron chi connectivity index (χ3n) is 4.67. The minimum atomic E-state index is -0.427. The van der Waals surface area contributed by atoms with Gasteiger partial charge in [0.05, 0.1) is 11.7 Å². The van der Waals surface area contributed by atoms with Gasteiger partial charge in [-0.15, -0.1) is 0 Å². The number of nitrogens with zero attached hydrogens (tertiary/aromatic N) is 2. The van der Waals surface area contributed by atoms with Crippen LogP contribution in [-0.2, 0) is 11.3 Å². The molecule has 2 heterocycles. The van der Waals surface area contributed by atoms with Gasteiger partial charge in [-0.1, -0.05) is 24.5 Å². The van der Waals surface area contributed by atoms with Crippen LogP contribution in [0, 0.1) is 6.92 Å². The molecule has 24 heavy (non-hydrogen) atoms. The second-order valence-electron chi connectivity index (χ2n) is 6.50. The van der Waals surface area contributed by atoms with Gasteiger partial charge in [-0.25, -0.2) is 4.79 Å². The van der Waals surface area contributed by atoms with Crippen LogP contribution in [0.15, 0.2) is 33.6 Å². The van der Waals surface area contributed by atoms with Gasteiger partial charge in [0, 0.05) is 11.4 Å². The zero-order chi connectivity index (χ0) is 16.7. The second kappa shape index (κ2) is 5.78. The van der Waals surface area contributed by atoms with Crippen molar-refractivity contribution in [3.05, 3.63) is 40.4 Å². The molecule has 0 aliphatic heterocycles. The van der Waals surface area contributed by atoms with Crippen molar-refractivity contribution in [2.75, 3.05) is 0 Å². The molecule has 1 N–H and O–H groups in total. The van der Waals surface area contributed by atoms with Gasteiger partial charge in [-0.05, 0) is 31.9 Å². The predicted octanol–water partition coefficient (Wildman–Crippen LogP) is 2.51. The maximum absolute atomic E-state index is 12.3. The van der Waals surface area contributed by atoms with E-state index in [1.807, 2.05) is 19.1 Å². The number of rotatable bonds is 3. The van der Waals surface area contributed by atoms with Crippen molar-refractivity contribution in [1.29, 1.82) is 0 Å². The number of nitrogens with one attached hydrogen (secondary N) is 1. The topological polar surface area (TPSA) is 77.1 Å². The molecule has 1 aromatic carbocycles. The van der Waals surface area contributed by atoms with Gasteiger partial charge < -0.3 is 9.73 Å². The number of carbonyl (C=O) groups excluding carboxylic acids is 1. The molecule has 1 aliphatic rings. The zero-order valence-electron chi connectivity index (χ0n) is 13.5. The van der Waals surface area contributed by atoms with Crippen molar-refractivity contribution >= 4 is 27.8 Å². The fourth-order valence-corrected chi connectivity index (χ4v) is 3.49. The summed E-state index contributed by atoms with van der Waals surface area (Å²) in [6.45, 7) is 2.08. The quantitative estimate of drug-likeness (QED) is 0.751. The van der Waals surface area contributed by atoms with Gasteiger partial charge >= 0.3 is 5.63 Å². The lowest BCUT2D eigenvalue weighted by Crippen LogP contribution is -2.35. The molecule has 4 rings (SSSR count). The fraction of sp³-hybridized carbons (Fsp3) is 0.389. The molecule has 1 saturated carbocycles. The van der Waals surface area contributed by atoms with Crippen molar-refractivity contribution in [2.24, 2.45) is 0 Å². The van der Waals surface area contributed by atoms with Gasteiger partial charge in [0.1, 0.15) is 17.5 Å². The normalized spacial score (nSPS) is 15.4. The fourth-order valence-electron chi connectivity index (χ4n) is 3.49. The Morgan fingerprint density at radius 3 is 2.92 bits per heavy atom. The van der Waals surface area contributed by atoms with Crippen molar-refractivity contribution in [3.63, 3.8) is 0 Å². The van der Waals surface area contributed by atoms with Crippen LogP contribution in [0.3, 0.4) is 0 Å². The van der Waals surface area contributed by atoms with Crippen LogP contribution in [0.25, 0.3) is 21.9 Å². The summed E-state index contributed by atoms with van der Waals surface area (Å²) in [5, 5.41) is 8.51. The third-order valence-corrected chi connectivity index (χ3v) is 4.67. The molecular formula is C18H19N3O3. The van der Waals surface area contributed by atoms with E-state index >= 15 is 0 Å². The maximum atomic E-state index is 12.3. The van der Waals surface area contributed by atoms with Crippen molar-refractivity contribution < 1.29 is 9.21 Å². The molecule has 0 unspecified atom stereocenters. The first-order valence-corrected chi connectivity index (χ1v) is 8.30. The number of amides is 1. The van der Waals surface area contributed by atoms with E-state index < -0.39 is 5.63 Å². The highest BCUT2D eigenvalue weighted by Gasteiger charge is 2.19. The number of carbonyl (C=O) groups is 1. The number of benzene rings is 1. The van der Waals surface area contributed by atoms with Gasteiger partial charge in [0.2, 0.25) is 5.91 Å². The summed E-state index contributed by atoms with van der Waals surface area (Å²) in [7, 11) is 0. The van der Waals surface area contributed by atoms with E-state index in [4.69, 9.17) is 4.42 Å². The van der Waals surface area contributed by atoms with Gasteiger partial charge in [0.25, 0.3) is 0 Å². The van der Waals surface area contributed by atoms with E-state index in [9.17, 15) is 9.59 Å². The Kier molecular flexibility index (Phi) is 3.59. The SMILES string of the molecule is Cc1ccc2oc(=O)c3cnn(CC(=O)NC4CCCC4)c3c2c1. The number of aromatic nitrogens is 2. The van der Waals surface area contributed by atoms with Crippen LogP contribution in [0.1, 0.15) is 31.2 Å². The highest BCUT2D eigenvalue weighted by atomic mass is 16.4. The Balaban J connectivity index is 1.75. The zero-order valence-corrected chi connectivity index (χ0v) is 13.5. The van der Waals surface area contributed by atoms with Gasteiger partial charge in [-0.2, -0.15) is 5.10 Å². The Morgan fingerprint density at radius 1 is 1.33 bits per heavy atom. The maximum Gasteiger partial charge on any atom is 0.347 e. The molecular weight excluding hydrogens is 306 g/mol. The molecule has 0 spiro atoms. The summed E-state index contributed by atoms with van der Waals surface area (Å²) in [4.78, 5) is 24.5. The first kappa shape index (κ1) is 14.9. The van der Waals surface area contributed by atoms with Crippen molar-refractivity contribution in [2.45, 2.75) is 45.2 Å². The number of hydrogen-bond donors (Lipinski definition) is 1. The largest absolute Gasteiger partial charge is 0.422 e. The second-order valence-corrected chi connectivity index (χ2v) is 6.50. The molecule has 1 aliphatic carbocycles. The van der Waals surface area contributed by atoms with Gasteiger partial charge in [0.15, 0.2) is 0 Å². The summed E-state index contributed by atoms with van der Waals surface area (Å²) >= 11 is 0. The van der Waals surface area contributed by atoms with E-state index in [1.54, 1.807) is 10.7 Å². The minimum absolute atomic E-state index is 0.0686. The number of aryl methyl sites for hydroxylation is 1. The number of hydrogen-bond acceptors (Lipinski definition) is 4. The summed E-state index contributed by atoms with van der Waals surface area (Å²) in [5.41, 5.74) is 1.80. The average Bonchev–Trinajstić information content (AvgIpc) is 3.18. The van der Waals surface area contributed by atoms with E-state index in [0.717, 1.165) is 23.8 Å². The monoisotopic (exact) mass is 325 g/mol. The molecule has 2 aromatic heterocycles. The molecule has 124 valence electrons. The van der Waals surface area contributed by atoms with E-state index in [0.29, 0.717) is 16.5 Å². The predicted molar refractivity (Wildman–Crippen MR) is 90.9 cm³/mol. The molecule has 6 heteroatoms. The smallest absolute Gasteiger partial charge is 0.347 e. The number of fused-ring (bicyclic) bond motifs is 3. The van der Waals surface area contributed by atoms with Crippen molar-refractivity contribution in [3.8, 4) is 0 Å². The summed E-state index contributed by atoms with van der Waals surface area (Å²) < 4.78 is 6.94. The molecule has 0 saturated heterocycles. The van der Waals surface area contributed by atoms with Crippen molar-refractivity contribution in [1.82, 2.24) is 15.1 Å². The van der Waals surface area contributed by atoms with E-state index in [-0.39, 0.29) is 18.5 Å². The molecule has 0 radical (unpaired) electrons. The molecule has 0 bridgehead atoms. The lowest BCUT2D eigenvalue weighted by molar-refractivity contribution is -0.122. The van der Waals surface area contributed by atoms with Crippen LogP contribution in [-0.4, -0.2) is 21.7 Å². The van der Waals surface area contributed by atoms with E-state index in [2.05, 4.69) is 10.4 Å². The van der Waals surface area contributed by atoms with Crippen LogP contribution in [0.4, 0.5) is 0 Å². The Bertz CT molecular complexity index is 980. The molecule has 0 atom stereocenters. The summed E-state index contributed by atoms with van der Waals surface area (Å²) in [6, 6.07) is 5.89. The van der Waals surface area contributed by atoms with Crippen LogP contribution >= 0.6 is 0 Å². The highest BCUT2D eigenvalue weighted by molar-refractivity contribution is 6.02. The molecule has 1 amide bonds. The van der Waals surface area contributed by atoms with Gasteiger partial charge in [-0.3, -0.25) is 9.48 Å². The van der Waals surface area contributed by atoms with Crippen LogP contribution in [0.2, 0.25) is 0 Å². The Morgan fingerprint density at radius 2 is 2.12 bits per heavy atom. The minimum Gasteiger partial charge on any atom is -0.422 e. The average molecular weight is 325 g/mol. The molecule has 1 fully saturated rings. The lowest BCUT2D eigenvalue weighted by atomic mass is 10.1. The standard InChI is InChI=1S/C18H19N3O3/c1-11-6-7-15-13(8-11)17-14(18(23)24-15)9-19-21(17)10-16(22)20-12-4-2-3-5-12/h6-9,12H,2-5,10H2,1H3,(H,20,22). The van der Waals surface area contributed by atoms with Crippen LogP contribution in [0.5, 0.6) is 0 Å². The molecule has 6 nitrogen and oxygen atoms in total. The highest BCUT2D eigenvalue weighted by Crippen LogP contribution is 2.24. The Labute approximate surface area is 138 Å². The summed E-state index contributed by atoms with van der Waals surface area (Å²) in [6.07, 6.45) is 5.89. The molecule has 3 aromatic rings.